The van der Waals surface area contributed by atoms with Gasteiger partial charge in [-0.05, 0) is 22.3 Å². The van der Waals surface area contributed by atoms with Crippen molar-refractivity contribution in [3.05, 3.63) is 59.7 Å². The van der Waals surface area contributed by atoms with E-state index >= 15 is 0 Å². The molecule has 0 atom stereocenters. The van der Waals surface area contributed by atoms with Crippen LogP contribution in [-0.2, 0) is 38.1 Å². The second kappa shape index (κ2) is 18.5. The number of alkyl carbamates (subject to hydrolysis) is 1. The van der Waals surface area contributed by atoms with E-state index in [-0.39, 0.29) is 38.8 Å². The normalized spacial score (nSPS) is 11.9. The first-order valence-corrected chi connectivity index (χ1v) is 14.0. The van der Waals surface area contributed by atoms with Gasteiger partial charge in [0.05, 0.1) is 59.3 Å². The van der Waals surface area contributed by atoms with Crippen molar-refractivity contribution >= 4 is 23.9 Å². The molecular weight excluding hydrogens is 564 g/mol. The van der Waals surface area contributed by atoms with Gasteiger partial charge in [-0.15, -0.1) is 0 Å². The van der Waals surface area contributed by atoms with Crippen molar-refractivity contribution in [1.29, 1.82) is 0 Å². The van der Waals surface area contributed by atoms with Crippen LogP contribution in [0.25, 0.3) is 11.1 Å². The minimum absolute atomic E-state index is 0.00827. The summed E-state index contributed by atoms with van der Waals surface area (Å²) in [6.07, 6.45) is -0.627. The van der Waals surface area contributed by atoms with Crippen molar-refractivity contribution < 1.29 is 53.1 Å². The van der Waals surface area contributed by atoms with Crippen LogP contribution in [0.4, 0.5) is 4.79 Å². The fourth-order valence-electron chi connectivity index (χ4n) is 4.51. The number of hydrogen-bond donors (Lipinski definition) is 3. The number of nitrogens with zero attached hydrogens (tertiary/aromatic N) is 1. The second-order valence-corrected chi connectivity index (χ2v) is 9.49. The summed E-state index contributed by atoms with van der Waals surface area (Å²) in [5, 5.41) is 20.2. The van der Waals surface area contributed by atoms with Crippen LogP contribution in [-0.4, -0.2) is 118 Å². The van der Waals surface area contributed by atoms with Crippen molar-refractivity contribution in [2.24, 2.45) is 0 Å². The van der Waals surface area contributed by atoms with Crippen LogP contribution < -0.4 is 5.32 Å². The molecule has 0 aliphatic heterocycles. The van der Waals surface area contributed by atoms with Gasteiger partial charge in [0, 0.05) is 12.5 Å². The van der Waals surface area contributed by atoms with Crippen LogP contribution in [0.5, 0.6) is 0 Å². The predicted molar refractivity (Wildman–Crippen MR) is 153 cm³/mol. The van der Waals surface area contributed by atoms with Crippen molar-refractivity contribution in [3.8, 4) is 11.1 Å². The largest absolute Gasteiger partial charge is 0.480 e. The van der Waals surface area contributed by atoms with Gasteiger partial charge in [0.2, 0.25) is 5.91 Å². The third-order valence-electron chi connectivity index (χ3n) is 6.44. The van der Waals surface area contributed by atoms with E-state index in [1.54, 1.807) is 0 Å². The van der Waals surface area contributed by atoms with E-state index in [0.717, 1.165) is 16.0 Å². The fourth-order valence-corrected chi connectivity index (χ4v) is 4.51. The third kappa shape index (κ3) is 11.6. The summed E-state index contributed by atoms with van der Waals surface area (Å²) >= 11 is 0. The lowest BCUT2D eigenvalue weighted by atomic mass is 9.98. The van der Waals surface area contributed by atoms with Gasteiger partial charge in [-0.1, -0.05) is 48.5 Å². The number of carboxylic acid groups (broad SMARTS) is 2. The molecule has 0 aromatic heterocycles. The molecule has 3 rings (SSSR count). The topological polar surface area (TPSA) is 170 Å². The van der Waals surface area contributed by atoms with E-state index in [9.17, 15) is 19.2 Å². The summed E-state index contributed by atoms with van der Waals surface area (Å²) in [6, 6.07) is 16.3. The molecule has 13 heteroatoms. The summed E-state index contributed by atoms with van der Waals surface area (Å²) in [6.45, 7) is 1.39. The number of benzene rings is 2. The molecule has 234 valence electrons. The van der Waals surface area contributed by atoms with E-state index in [4.69, 9.17) is 33.9 Å². The Labute approximate surface area is 249 Å². The Kier molecular flexibility index (Phi) is 14.4. The first kappa shape index (κ1) is 33.5. The minimum atomic E-state index is -1.29. The molecule has 0 unspecified atom stereocenters. The van der Waals surface area contributed by atoms with Crippen LogP contribution in [0, 0.1) is 0 Å². The lowest BCUT2D eigenvalue weighted by molar-refractivity contribution is -0.149. The van der Waals surface area contributed by atoms with Crippen molar-refractivity contribution in [2.45, 2.75) is 12.3 Å². The zero-order valence-corrected chi connectivity index (χ0v) is 23.9. The maximum atomic E-state index is 12.2. The highest BCUT2D eigenvalue weighted by Crippen LogP contribution is 2.44. The molecule has 2 aromatic rings. The molecule has 2 aromatic carbocycles. The number of rotatable bonds is 21. The predicted octanol–water partition coefficient (Wildman–Crippen LogP) is 1.98. The highest BCUT2D eigenvalue weighted by atomic mass is 16.6. The van der Waals surface area contributed by atoms with Crippen LogP contribution in [0.1, 0.15) is 23.5 Å². The van der Waals surface area contributed by atoms with Crippen LogP contribution in [0.2, 0.25) is 0 Å². The molecule has 13 nitrogen and oxygen atoms in total. The van der Waals surface area contributed by atoms with Crippen molar-refractivity contribution in [1.82, 2.24) is 10.2 Å². The highest BCUT2D eigenvalue weighted by Gasteiger charge is 2.29. The van der Waals surface area contributed by atoms with E-state index in [0.29, 0.717) is 39.6 Å². The van der Waals surface area contributed by atoms with Gasteiger partial charge in [0.25, 0.3) is 0 Å². The summed E-state index contributed by atoms with van der Waals surface area (Å²) in [7, 11) is 0. The van der Waals surface area contributed by atoms with Crippen LogP contribution >= 0.6 is 0 Å². The highest BCUT2D eigenvalue weighted by molar-refractivity contribution is 5.85. The first-order valence-electron chi connectivity index (χ1n) is 14.0. The quantitative estimate of drug-likeness (QED) is 0.179. The van der Waals surface area contributed by atoms with Gasteiger partial charge in [0.1, 0.15) is 19.7 Å². The average molecular weight is 603 g/mol. The Morgan fingerprint density at radius 2 is 1.14 bits per heavy atom. The minimum Gasteiger partial charge on any atom is -0.480 e. The number of aliphatic carboxylic acids is 2. The van der Waals surface area contributed by atoms with Crippen molar-refractivity contribution in [2.75, 3.05) is 79.1 Å². The van der Waals surface area contributed by atoms with Gasteiger partial charge in [-0.2, -0.15) is 0 Å². The Hall–Kier alpha value is -4.04. The zero-order valence-electron chi connectivity index (χ0n) is 23.9. The van der Waals surface area contributed by atoms with Gasteiger partial charge in [0.15, 0.2) is 0 Å². The number of nitrogens with one attached hydrogen (secondary N) is 1. The van der Waals surface area contributed by atoms with Crippen LogP contribution in [0.15, 0.2) is 48.5 Å². The standard InChI is InChI=1S/C30H38N2O11/c33-27(32(19-28(34)35)20-29(36)37)9-11-39-13-15-41-17-18-42-16-14-40-12-10-31-30(38)43-21-26-24-7-3-1-5-22(24)23-6-2-4-8-25(23)26/h1-8,26H,9-21H2,(H,31,38)(H,34,35)(H,36,37). The molecule has 2 amide bonds. The molecule has 0 fully saturated rings. The molecule has 0 heterocycles. The number of carboxylic acids is 2. The number of hydrogen-bond acceptors (Lipinski definition) is 9. The number of ether oxygens (including phenoxy) is 5. The summed E-state index contributed by atoms with van der Waals surface area (Å²) in [5.74, 6) is -3.19. The Balaban J connectivity index is 1.12. The third-order valence-corrected chi connectivity index (χ3v) is 6.44. The molecule has 3 N–H and O–H groups in total. The monoisotopic (exact) mass is 602 g/mol. The molecule has 0 spiro atoms. The molecule has 0 saturated heterocycles. The van der Waals surface area contributed by atoms with Crippen LogP contribution in [0.3, 0.4) is 0 Å². The van der Waals surface area contributed by atoms with E-state index in [1.165, 1.54) is 11.1 Å². The Bertz CT molecular complexity index is 1140. The van der Waals surface area contributed by atoms with E-state index in [1.807, 2.05) is 24.3 Å². The van der Waals surface area contributed by atoms with E-state index in [2.05, 4.69) is 29.6 Å². The molecular formula is C30H38N2O11. The molecule has 0 saturated carbocycles. The molecule has 1 aliphatic rings. The Morgan fingerprint density at radius 3 is 1.65 bits per heavy atom. The SMILES string of the molecule is O=C(O)CN(CC(=O)O)C(=O)CCOCCOCCOCCOCCNC(=O)OCC1c2ccccc2-c2ccccc21. The number of carbonyl (C=O) groups is 4. The van der Waals surface area contributed by atoms with Crippen molar-refractivity contribution in [3.63, 3.8) is 0 Å². The summed E-state index contributed by atoms with van der Waals surface area (Å²) < 4.78 is 27.0. The van der Waals surface area contributed by atoms with Gasteiger partial charge in [-0.25, -0.2) is 4.79 Å². The number of carbonyl (C=O) groups excluding carboxylic acids is 2. The fraction of sp³-hybridized carbons (Fsp3) is 0.467. The van der Waals surface area contributed by atoms with E-state index < -0.39 is 37.0 Å². The molecule has 0 bridgehead atoms. The molecule has 1 aliphatic carbocycles. The summed E-state index contributed by atoms with van der Waals surface area (Å²) in [5.41, 5.74) is 4.67. The van der Waals surface area contributed by atoms with Gasteiger partial charge < -0.3 is 44.1 Å². The number of fused-ring (bicyclic) bond motifs is 3. The smallest absolute Gasteiger partial charge is 0.407 e. The maximum absolute atomic E-state index is 12.2. The lowest BCUT2D eigenvalue weighted by Gasteiger charge is -2.18. The zero-order chi connectivity index (χ0) is 30.9. The van der Waals surface area contributed by atoms with Gasteiger partial charge >= 0.3 is 18.0 Å². The first-order chi connectivity index (χ1) is 20.9. The molecule has 0 radical (unpaired) electrons. The lowest BCUT2D eigenvalue weighted by Crippen LogP contribution is -2.39. The second-order valence-electron chi connectivity index (χ2n) is 9.49. The average Bonchev–Trinajstić information content (AvgIpc) is 3.30. The number of amides is 2. The Morgan fingerprint density at radius 1 is 0.674 bits per heavy atom. The molecule has 43 heavy (non-hydrogen) atoms. The maximum Gasteiger partial charge on any atom is 0.407 e. The summed E-state index contributed by atoms with van der Waals surface area (Å²) in [4.78, 5) is 46.4. The van der Waals surface area contributed by atoms with Gasteiger partial charge in [-0.3, -0.25) is 14.4 Å².